The number of benzene rings is 2. The van der Waals surface area contributed by atoms with Crippen LogP contribution in [0.4, 0.5) is 10.2 Å². The predicted octanol–water partition coefficient (Wildman–Crippen LogP) is 5.71. The molecule has 0 aliphatic carbocycles. The molecule has 10 heteroatoms. The van der Waals surface area contributed by atoms with E-state index in [-0.39, 0.29) is 27.5 Å². The topological polar surface area (TPSA) is 93.6 Å². The first-order valence-electron chi connectivity index (χ1n) is 11.4. The molecule has 1 saturated heterocycles. The maximum atomic E-state index is 14.0. The summed E-state index contributed by atoms with van der Waals surface area (Å²) in [7, 11) is 0. The average Bonchev–Trinajstić information content (AvgIpc) is 3.33. The maximum Gasteiger partial charge on any atom is 0.253 e. The normalized spacial score (nSPS) is 14.7. The number of carbonyl (C=O) groups excluding carboxylic acids is 1. The number of nitrogens with one attached hydrogen (secondary N) is 1. The molecule has 3 heterocycles. The molecule has 2 aromatic carbocycles. The maximum absolute atomic E-state index is 14.0. The number of hydrogen-bond donors (Lipinski definition) is 2. The number of piperazine rings is 1. The second kappa shape index (κ2) is 9.97. The van der Waals surface area contributed by atoms with Crippen LogP contribution in [-0.4, -0.2) is 42.0 Å². The number of fused-ring (bicyclic) bond motifs is 1. The predicted molar refractivity (Wildman–Crippen MR) is 138 cm³/mol. The summed E-state index contributed by atoms with van der Waals surface area (Å²) >= 11 is 12.4. The first-order valence-corrected chi connectivity index (χ1v) is 12.2. The molecular weight excluding hydrogens is 506 g/mol. The third kappa shape index (κ3) is 4.48. The van der Waals surface area contributed by atoms with Gasteiger partial charge in [0.1, 0.15) is 11.9 Å². The third-order valence-electron chi connectivity index (χ3n) is 6.23. The Hall–Kier alpha value is -3.33. The third-order valence-corrected chi connectivity index (χ3v) is 6.94. The molecule has 7 nitrogen and oxygen atoms in total. The summed E-state index contributed by atoms with van der Waals surface area (Å²) in [5, 5.41) is 4.06. The van der Waals surface area contributed by atoms with Gasteiger partial charge in [0.2, 0.25) is 5.75 Å². The van der Waals surface area contributed by atoms with Crippen LogP contribution in [0.1, 0.15) is 28.9 Å². The average molecular weight is 529 g/mol. The highest BCUT2D eigenvalue weighted by Crippen LogP contribution is 2.41. The van der Waals surface area contributed by atoms with Crippen LogP contribution in [0, 0.1) is 5.82 Å². The van der Waals surface area contributed by atoms with E-state index in [0.717, 1.165) is 24.2 Å². The summed E-state index contributed by atoms with van der Waals surface area (Å²) in [6.45, 7) is 4.65. The van der Waals surface area contributed by atoms with E-state index < -0.39 is 11.9 Å². The minimum absolute atomic E-state index is 0.00823. The molecule has 0 spiro atoms. The van der Waals surface area contributed by atoms with Crippen LogP contribution in [0.15, 0.2) is 53.3 Å². The lowest BCUT2D eigenvalue weighted by atomic mass is 10.0. The lowest BCUT2D eigenvalue weighted by Gasteiger charge is -2.27. The van der Waals surface area contributed by atoms with Crippen molar-refractivity contribution in [2.75, 3.05) is 31.9 Å². The van der Waals surface area contributed by atoms with E-state index in [1.807, 2.05) is 17.0 Å². The lowest BCUT2D eigenvalue weighted by molar-refractivity contribution is 0.0736. The molecule has 0 unspecified atom stereocenters. The van der Waals surface area contributed by atoms with Crippen LogP contribution in [0.3, 0.4) is 0 Å². The number of halogens is 3. The van der Waals surface area contributed by atoms with Crippen molar-refractivity contribution in [1.29, 1.82) is 0 Å². The summed E-state index contributed by atoms with van der Waals surface area (Å²) in [6, 6.07) is 9.95. The summed E-state index contributed by atoms with van der Waals surface area (Å²) in [5.41, 5.74) is 9.01. The van der Waals surface area contributed by atoms with Crippen molar-refractivity contribution in [2.45, 2.75) is 13.0 Å². The molecule has 0 saturated carbocycles. The van der Waals surface area contributed by atoms with Gasteiger partial charge in [0.15, 0.2) is 11.4 Å². The Labute approximate surface area is 216 Å². The quantitative estimate of drug-likeness (QED) is 0.322. The molecule has 1 aliphatic rings. The van der Waals surface area contributed by atoms with E-state index >= 15 is 0 Å². The van der Waals surface area contributed by atoms with Gasteiger partial charge in [0, 0.05) is 54.1 Å². The largest absolute Gasteiger partial charge is 0.478 e. The Balaban J connectivity index is 1.45. The molecule has 5 rings (SSSR count). The Bertz CT molecular complexity index is 1440. The number of aromatic nitrogens is 1. The van der Waals surface area contributed by atoms with Crippen molar-refractivity contribution in [3.05, 3.63) is 75.8 Å². The molecule has 36 heavy (non-hydrogen) atoms. The smallest absolute Gasteiger partial charge is 0.253 e. The summed E-state index contributed by atoms with van der Waals surface area (Å²) in [4.78, 5) is 18.9. The van der Waals surface area contributed by atoms with Crippen molar-refractivity contribution in [3.63, 3.8) is 0 Å². The Morgan fingerprint density at radius 1 is 1.19 bits per heavy atom. The highest BCUT2D eigenvalue weighted by molar-refractivity contribution is 6.36. The number of nitrogens with two attached hydrogens (primary N) is 1. The van der Waals surface area contributed by atoms with Gasteiger partial charge in [-0.15, -0.1) is 0 Å². The molecule has 1 aliphatic heterocycles. The van der Waals surface area contributed by atoms with Crippen LogP contribution in [0.25, 0.3) is 22.1 Å². The fourth-order valence-corrected chi connectivity index (χ4v) is 4.99. The number of rotatable bonds is 5. The highest BCUT2D eigenvalue weighted by atomic mass is 35.5. The number of nitrogens with zero attached hydrogens (tertiary/aromatic N) is 2. The zero-order chi connectivity index (χ0) is 25.4. The second-order valence-electron chi connectivity index (χ2n) is 8.50. The van der Waals surface area contributed by atoms with Crippen LogP contribution >= 0.6 is 23.2 Å². The lowest BCUT2D eigenvalue weighted by Crippen LogP contribution is -2.46. The number of hydrogen-bond acceptors (Lipinski definition) is 6. The number of ether oxygens (including phenoxy) is 1. The molecule has 3 N–H and O–H groups in total. The minimum Gasteiger partial charge on any atom is -0.478 e. The van der Waals surface area contributed by atoms with Gasteiger partial charge in [-0.25, -0.2) is 9.37 Å². The van der Waals surface area contributed by atoms with Gasteiger partial charge in [0.05, 0.1) is 16.7 Å². The van der Waals surface area contributed by atoms with E-state index in [1.54, 1.807) is 31.5 Å². The number of furan rings is 1. The molecule has 1 fully saturated rings. The van der Waals surface area contributed by atoms with Crippen LogP contribution in [0.2, 0.25) is 10.0 Å². The van der Waals surface area contributed by atoms with Crippen molar-refractivity contribution in [2.24, 2.45) is 0 Å². The summed E-state index contributed by atoms with van der Waals surface area (Å²) in [5.74, 6) is -0.284. The van der Waals surface area contributed by atoms with Crippen LogP contribution in [-0.2, 0) is 0 Å². The summed E-state index contributed by atoms with van der Waals surface area (Å²) < 4.78 is 25.9. The first kappa shape index (κ1) is 24.4. The number of carbonyl (C=O) groups is 1. The van der Waals surface area contributed by atoms with Gasteiger partial charge in [-0.3, -0.25) is 4.79 Å². The molecule has 0 bridgehead atoms. The molecule has 1 amide bonds. The van der Waals surface area contributed by atoms with E-state index in [9.17, 15) is 9.18 Å². The van der Waals surface area contributed by atoms with Gasteiger partial charge in [0.25, 0.3) is 5.91 Å². The Morgan fingerprint density at radius 2 is 1.92 bits per heavy atom. The van der Waals surface area contributed by atoms with Crippen LogP contribution in [0.5, 0.6) is 5.75 Å². The zero-order valence-electron chi connectivity index (χ0n) is 19.4. The Kier molecular flexibility index (Phi) is 6.75. The highest BCUT2D eigenvalue weighted by Gasteiger charge is 2.23. The van der Waals surface area contributed by atoms with Gasteiger partial charge in [-0.05, 0) is 36.8 Å². The number of nitrogen functional groups attached to an aromatic ring is 1. The van der Waals surface area contributed by atoms with E-state index in [4.69, 9.17) is 38.1 Å². The fraction of sp³-hybridized carbons (Fsp3) is 0.231. The van der Waals surface area contributed by atoms with Crippen molar-refractivity contribution in [3.8, 4) is 16.9 Å². The second-order valence-corrected chi connectivity index (χ2v) is 9.29. The van der Waals surface area contributed by atoms with E-state index in [0.29, 0.717) is 35.2 Å². The zero-order valence-corrected chi connectivity index (χ0v) is 20.9. The molecule has 0 radical (unpaired) electrons. The summed E-state index contributed by atoms with van der Waals surface area (Å²) in [6.07, 6.45) is 2.45. The molecule has 4 aromatic rings. The van der Waals surface area contributed by atoms with Gasteiger partial charge >= 0.3 is 0 Å². The SMILES string of the molecule is C[C@@H](Oc1c(N)ncc2c(-c3ccc(C(=O)N4CCNCC4)cc3)coc12)c1c(Cl)ccc(F)c1Cl. The van der Waals surface area contributed by atoms with Crippen molar-refractivity contribution >= 4 is 45.9 Å². The van der Waals surface area contributed by atoms with Gasteiger partial charge < -0.3 is 25.1 Å². The Morgan fingerprint density at radius 3 is 2.64 bits per heavy atom. The molecule has 1 atom stereocenters. The molecule has 2 aromatic heterocycles. The van der Waals surface area contributed by atoms with Crippen molar-refractivity contribution in [1.82, 2.24) is 15.2 Å². The van der Waals surface area contributed by atoms with Crippen LogP contribution < -0.4 is 15.8 Å². The van der Waals surface area contributed by atoms with Crippen molar-refractivity contribution < 1.29 is 18.3 Å². The van der Waals surface area contributed by atoms with Gasteiger partial charge in [-0.2, -0.15) is 0 Å². The minimum atomic E-state index is -0.737. The first-order chi connectivity index (χ1) is 17.3. The number of amides is 1. The van der Waals surface area contributed by atoms with E-state index in [1.165, 1.54) is 12.1 Å². The number of anilines is 1. The van der Waals surface area contributed by atoms with E-state index in [2.05, 4.69) is 10.3 Å². The van der Waals surface area contributed by atoms with Gasteiger partial charge in [-0.1, -0.05) is 35.3 Å². The molecule has 186 valence electrons. The monoisotopic (exact) mass is 528 g/mol. The molecular formula is C26H23Cl2FN4O3. The number of pyridine rings is 1. The standard InChI is InChI=1S/C26H23Cl2FN4O3/c1-14(21-19(27)6-7-20(29)22(21)28)36-24-23-17(12-32-25(24)30)18(13-35-23)15-2-4-16(5-3-15)26(34)33-10-8-31-9-11-33/h2-7,12-14,31H,8-11H2,1H3,(H2,30,32)/t14-/m1/s1. The fourth-order valence-electron chi connectivity index (χ4n) is 4.31.